The normalized spacial score (nSPS) is 15.5. The van der Waals surface area contributed by atoms with Crippen LogP contribution in [0.2, 0.25) is 0 Å². The molecule has 1 aromatic rings. The Balaban J connectivity index is 2.18. The second-order valence-corrected chi connectivity index (χ2v) is 5.31. The van der Waals surface area contributed by atoms with Crippen molar-refractivity contribution in [2.24, 2.45) is 0 Å². The van der Waals surface area contributed by atoms with Crippen molar-refractivity contribution in [3.63, 3.8) is 0 Å². The average Bonchev–Trinajstić information content (AvgIpc) is 2.85. The lowest BCUT2D eigenvalue weighted by molar-refractivity contribution is 0.181. The molecule has 0 bridgehead atoms. The second kappa shape index (κ2) is 6.47. The minimum Gasteiger partial charge on any atom is -0.487 e. The maximum Gasteiger partial charge on any atom is 0.161 e. The highest BCUT2D eigenvalue weighted by Gasteiger charge is 2.19. The molecule has 1 fully saturated rings. The summed E-state index contributed by atoms with van der Waals surface area (Å²) in [5, 5.41) is 8.79. The fraction of sp³-hybridized carbons (Fsp3) is 0.562. The van der Waals surface area contributed by atoms with E-state index in [-0.39, 0.29) is 6.10 Å². The Bertz CT molecular complexity index is 456. The number of rotatable bonds is 5. The molecule has 1 aliphatic carbocycles. The first-order valence-corrected chi connectivity index (χ1v) is 7.02. The third-order valence-corrected chi connectivity index (χ3v) is 3.25. The van der Waals surface area contributed by atoms with Gasteiger partial charge in [0.05, 0.1) is 24.7 Å². The molecular weight excluding hydrogens is 238 g/mol. The molecule has 1 saturated carbocycles. The molecule has 2 rings (SSSR count). The van der Waals surface area contributed by atoms with Gasteiger partial charge in [-0.2, -0.15) is 5.26 Å². The Kier molecular flexibility index (Phi) is 4.68. The van der Waals surface area contributed by atoms with E-state index in [4.69, 9.17) is 14.7 Å². The zero-order valence-electron chi connectivity index (χ0n) is 11.7. The van der Waals surface area contributed by atoms with E-state index in [0.29, 0.717) is 12.5 Å². The molecule has 0 spiro atoms. The third-order valence-electron chi connectivity index (χ3n) is 3.25. The maximum atomic E-state index is 8.79. The Labute approximate surface area is 115 Å². The van der Waals surface area contributed by atoms with E-state index in [1.54, 1.807) is 0 Å². The zero-order valence-corrected chi connectivity index (χ0v) is 11.7. The lowest BCUT2D eigenvalue weighted by atomic mass is 10.1. The lowest BCUT2D eigenvalue weighted by Gasteiger charge is -2.19. The third kappa shape index (κ3) is 3.89. The van der Waals surface area contributed by atoms with Crippen LogP contribution in [0.5, 0.6) is 11.5 Å². The smallest absolute Gasteiger partial charge is 0.161 e. The molecule has 0 radical (unpaired) electrons. The highest BCUT2D eigenvalue weighted by molar-refractivity contribution is 5.44. The van der Waals surface area contributed by atoms with Gasteiger partial charge < -0.3 is 9.47 Å². The van der Waals surface area contributed by atoms with E-state index in [9.17, 15) is 0 Å². The van der Waals surface area contributed by atoms with Gasteiger partial charge in [0.1, 0.15) is 0 Å². The molecule has 0 amide bonds. The van der Waals surface area contributed by atoms with Gasteiger partial charge in [-0.25, -0.2) is 0 Å². The van der Waals surface area contributed by atoms with Crippen LogP contribution in [0.4, 0.5) is 0 Å². The summed E-state index contributed by atoms with van der Waals surface area (Å²) in [6, 6.07) is 7.96. The predicted molar refractivity (Wildman–Crippen MR) is 74.4 cm³/mol. The molecular formula is C16H21NO2. The fourth-order valence-electron chi connectivity index (χ4n) is 2.38. The van der Waals surface area contributed by atoms with Crippen molar-refractivity contribution in [2.75, 3.05) is 0 Å². The number of hydrogen-bond donors (Lipinski definition) is 0. The van der Waals surface area contributed by atoms with Gasteiger partial charge in [0.15, 0.2) is 11.5 Å². The average molecular weight is 259 g/mol. The fourth-order valence-corrected chi connectivity index (χ4v) is 2.38. The molecule has 0 atom stereocenters. The van der Waals surface area contributed by atoms with Crippen LogP contribution in [0.25, 0.3) is 0 Å². The topological polar surface area (TPSA) is 42.2 Å². The van der Waals surface area contributed by atoms with Crippen molar-refractivity contribution in [3.8, 4) is 17.6 Å². The summed E-state index contributed by atoms with van der Waals surface area (Å²) in [6.45, 7) is 4.01. The van der Waals surface area contributed by atoms with Gasteiger partial charge in [0.2, 0.25) is 0 Å². The highest BCUT2D eigenvalue weighted by Crippen LogP contribution is 2.33. The van der Waals surface area contributed by atoms with Gasteiger partial charge in [0.25, 0.3) is 0 Å². The van der Waals surface area contributed by atoms with Gasteiger partial charge in [0, 0.05) is 0 Å². The molecule has 0 N–H and O–H groups in total. The second-order valence-electron chi connectivity index (χ2n) is 5.31. The molecule has 0 saturated heterocycles. The number of nitrogens with zero attached hydrogens (tertiary/aromatic N) is 1. The first-order chi connectivity index (χ1) is 9.19. The molecule has 102 valence electrons. The Morgan fingerprint density at radius 1 is 1.26 bits per heavy atom. The zero-order chi connectivity index (χ0) is 13.7. The quantitative estimate of drug-likeness (QED) is 0.806. The van der Waals surface area contributed by atoms with Crippen molar-refractivity contribution in [2.45, 2.75) is 58.2 Å². The number of hydrogen-bond acceptors (Lipinski definition) is 3. The van der Waals surface area contributed by atoms with E-state index < -0.39 is 0 Å². The van der Waals surface area contributed by atoms with Crippen LogP contribution < -0.4 is 9.47 Å². The van der Waals surface area contributed by atoms with Gasteiger partial charge in [-0.15, -0.1) is 0 Å². The summed E-state index contributed by atoms with van der Waals surface area (Å²) < 4.78 is 11.8. The van der Waals surface area contributed by atoms with Crippen LogP contribution in [-0.2, 0) is 6.42 Å². The molecule has 3 nitrogen and oxygen atoms in total. The highest BCUT2D eigenvalue weighted by atomic mass is 16.5. The maximum absolute atomic E-state index is 8.79. The van der Waals surface area contributed by atoms with Crippen molar-refractivity contribution in [3.05, 3.63) is 23.8 Å². The lowest BCUT2D eigenvalue weighted by Crippen LogP contribution is -2.13. The summed E-state index contributed by atoms with van der Waals surface area (Å²) in [5.74, 6) is 1.57. The van der Waals surface area contributed by atoms with Crippen molar-refractivity contribution in [1.29, 1.82) is 5.26 Å². The molecule has 0 unspecified atom stereocenters. The molecule has 1 aromatic carbocycles. The van der Waals surface area contributed by atoms with Crippen molar-refractivity contribution < 1.29 is 9.47 Å². The molecule has 0 aliphatic heterocycles. The summed E-state index contributed by atoms with van der Waals surface area (Å²) in [6.07, 6.45) is 5.53. The number of benzene rings is 1. The largest absolute Gasteiger partial charge is 0.487 e. The van der Waals surface area contributed by atoms with Gasteiger partial charge in [-0.3, -0.25) is 0 Å². The van der Waals surface area contributed by atoms with E-state index in [1.165, 1.54) is 12.8 Å². The molecule has 0 aromatic heterocycles. The van der Waals surface area contributed by atoms with Crippen molar-refractivity contribution in [1.82, 2.24) is 0 Å². The van der Waals surface area contributed by atoms with Crippen LogP contribution >= 0.6 is 0 Å². The minimum atomic E-state index is 0.118. The van der Waals surface area contributed by atoms with Gasteiger partial charge in [-0.1, -0.05) is 6.07 Å². The Morgan fingerprint density at radius 2 is 2.00 bits per heavy atom. The van der Waals surface area contributed by atoms with Crippen LogP contribution in [-0.4, -0.2) is 12.2 Å². The number of ether oxygens (including phenoxy) is 2. The first kappa shape index (κ1) is 13.7. The van der Waals surface area contributed by atoms with Crippen molar-refractivity contribution >= 4 is 0 Å². The van der Waals surface area contributed by atoms with E-state index in [0.717, 1.165) is 29.9 Å². The first-order valence-electron chi connectivity index (χ1n) is 7.02. The summed E-state index contributed by atoms with van der Waals surface area (Å²) in [7, 11) is 0. The molecule has 19 heavy (non-hydrogen) atoms. The van der Waals surface area contributed by atoms with Crippen LogP contribution in [0.1, 0.15) is 45.1 Å². The van der Waals surface area contributed by atoms with E-state index in [1.807, 2.05) is 32.0 Å². The predicted octanol–water partition coefficient (Wildman–Crippen LogP) is 3.86. The summed E-state index contributed by atoms with van der Waals surface area (Å²) in [4.78, 5) is 0. The Morgan fingerprint density at radius 3 is 2.63 bits per heavy atom. The Hall–Kier alpha value is -1.69. The van der Waals surface area contributed by atoms with Gasteiger partial charge in [-0.05, 0) is 57.2 Å². The summed E-state index contributed by atoms with van der Waals surface area (Å²) >= 11 is 0. The molecule has 0 heterocycles. The van der Waals surface area contributed by atoms with Gasteiger partial charge >= 0.3 is 0 Å². The SMILES string of the molecule is CC(C)Oc1ccc(CC#N)cc1OC1CCCC1. The van der Waals surface area contributed by atoms with Crippen LogP contribution in [0.15, 0.2) is 18.2 Å². The molecule has 3 heteroatoms. The number of nitriles is 1. The van der Waals surface area contributed by atoms with Crippen LogP contribution in [0, 0.1) is 11.3 Å². The minimum absolute atomic E-state index is 0.118. The summed E-state index contributed by atoms with van der Waals surface area (Å²) in [5.41, 5.74) is 0.978. The van der Waals surface area contributed by atoms with E-state index >= 15 is 0 Å². The standard InChI is InChI=1S/C16H21NO2/c1-12(2)18-15-8-7-13(9-10-17)11-16(15)19-14-5-3-4-6-14/h7-8,11-12,14H,3-6,9H2,1-2H3. The van der Waals surface area contributed by atoms with E-state index in [2.05, 4.69) is 6.07 Å². The van der Waals surface area contributed by atoms with Crippen LogP contribution in [0.3, 0.4) is 0 Å². The molecule has 1 aliphatic rings. The monoisotopic (exact) mass is 259 g/mol.